The second-order valence-corrected chi connectivity index (χ2v) is 8.56. The van der Waals surface area contributed by atoms with Crippen molar-refractivity contribution in [3.05, 3.63) is 22.5 Å². The van der Waals surface area contributed by atoms with Crippen LogP contribution in [-0.2, 0) is 28.4 Å². The van der Waals surface area contributed by atoms with Gasteiger partial charge in [0.1, 0.15) is 6.10 Å². The fourth-order valence-corrected chi connectivity index (χ4v) is 3.39. The predicted molar refractivity (Wildman–Crippen MR) is 132 cm³/mol. The highest BCUT2D eigenvalue weighted by Gasteiger charge is 2.51. The monoisotopic (exact) mass is 561 g/mol. The highest BCUT2D eigenvalue weighted by Crippen LogP contribution is 2.34. The van der Waals surface area contributed by atoms with Crippen LogP contribution in [0.15, 0.2) is 11.0 Å². The number of nitrogens with zero attached hydrogens (tertiary/aromatic N) is 2. The molecular weight excluding hydrogens is 525 g/mol. The first-order valence-corrected chi connectivity index (χ1v) is 12.9. The molecule has 2 N–H and O–H groups in total. The van der Waals surface area contributed by atoms with Crippen molar-refractivity contribution >= 4 is 24.2 Å². The normalized spacial score (nSPS) is 20.2. The van der Waals surface area contributed by atoms with Crippen molar-refractivity contribution in [1.29, 1.82) is 0 Å². The molecule has 2 rings (SSSR count). The molecule has 15 heteroatoms. The number of rotatable bonds is 14. The lowest BCUT2D eigenvalue weighted by Gasteiger charge is -2.24. The van der Waals surface area contributed by atoms with E-state index in [-0.39, 0.29) is 19.8 Å². The largest absolute Gasteiger partial charge is 0.508 e. The van der Waals surface area contributed by atoms with Crippen molar-refractivity contribution in [2.45, 2.75) is 83.8 Å². The van der Waals surface area contributed by atoms with Gasteiger partial charge in [0.2, 0.25) is 0 Å². The molecule has 220 valence electrons. The highest BCUT2D eigenvalue weighted by molar-refractivity contribution is 5.83. The van der Waals surface area contributed by atoms with Crippen LogP contribution in [0, 0.1) is 5.82 Å². The van der Waals surface area contributed by atoms with Crippen molar-refractivity contribution in [2.75, 3.05) is 31.7 Å². The van der Waals surface area contributed by atoms with Gasteiger partial charge in [0, 0.05) is 0 Å². The second-order valence-electron chi connectivity index (χ2n) is 8.56. The van der Waals surface area contributed by atoms with Gasteiger partial charge in [-0.25, -0.2) is 23.6 Å². The number of hydrogen-bond donors (Lipinski definition) is 2. The Hall–Kier alpha value is -3.46. The van der Waals surface area contributed by atoms with E-state index in [1.54, 1.807) is 0 Å². The molecule has 1 amide bonds. The fraction of sp³-hybridized carbons (Fsp3) is 0.708. The lowest BCUT2D eigenvalue weighted by Crippen LogP contribution is -2.42. The van der Waals surface area contributed by atoms with Crippen LogP contribution in [0.5, 0.6) is 0 Å². The number of carbonyl (C=O) groups excluding carboxylic acids is 3. The molecule has 4 atom stereocenters. The number of aliphatic hydroxyl groups is 1. The third kappa shape index (κ3) is 9.66. The molecule has 1 aliphatic heterocycles. The van der Waals surface area contributed by atoms with Crippen LogP contribution >= 0.6 is 0 Å². The molecule has 0 saturated carbocycles. The zero-order chi connectivity index (χ0) is 28.8. The summed E-state index contributed by atoms with van der Waals surface area (Å²) in [6.45, 7) is 5.13. The first-order chi connectivity index (χ1) is 18.7. The van der Waals surface area contributed by atoms with Gasteiger partial charge in [-0.3, -0.25) is 9.88 Å². The number of amides is 1. The molecule has 2 heterocycles. The van der Waals surface area contributed by atoms with Gasteiger partial charge in [-0.05, 0) is 19.3 Å². The van der Waals surface area contributed by atoms with Crippen molar-refractivity contribution in [3.8, 4) is 0 Å². The number of aliphatic hydroxyl groups excluding tert-OH is 1. The standard InChI is InChI=1S/C24H36FN3O11/c1-4-7-10-34-22(31)27-19-15(25)13-28(21(30)26-19)20-18(39-24(33)36-12-9-6-3)17(16(14-29)37-20)38-23(32)35-11-8-5-2/h13,16-18,20,29H,4-12,14H2,1-3H3,(H,26,27,30,31)/t16-,17-,18-,20-/m1/s1. The Kier molecular flexibility index (Phi) is 13.4. The van der Waals surface area contributed by atoms with Gasteiger partial charge in [-0.2, -0.15) is 4.98 Å². The smallest absolute Gasteiger partial charge is 0.449 e. The maximum atomic E-state index is 14.9. The molecule has 1 aliphatic rings. The Morgan fingerprint density at radius 2 is 1.51 bits per heavy atom. The summed E-state index contributed by atoms with van der Waals surface area (Å²) in [6.07, 6.45) is -4.56. The van der Waals surface area contributed by atoms with Crippen LogP contribution in [0.1, 0.15) is 65.5 Å². The summed E-state index contributed by atoms with van der Waals surface area (Å²) < 4.78 is 46.5. The number of nitrogens with one attached hydrogen (secondary N) is 1. The second kappa shape index (κ2) is 16.5. The van der Waals surface area contributed by atoms with E-state index < -0.39 is 66.9 Å². The van der Waals surface area contributed by atoms with Crippen LogP contribution in [0.25, 0.3) is 0 Å². The quantitative estimate of drug-likeness (QED) is 0.193. The Bertz CT molecular complexity index is 1010. The molecule has 0 aromatic carbocycles. The lowest BCUT2D eigenvalue weighted by molar-refractivity contribution is -0.0675. The van der Waals surface area contributed by atoms with Gasteiger partial charge in [0.05, 0.1) is 32.6 Å². The van der Waals surface area contributed by atoms with Gasteiger partial charge >= 0.3 is 24.1 Å². The average Bonchev–Trinajstić information content (AvgIpc) is 3.22. The Morgan fingerprint density at radius 3 is 2.05 bits per heavy atom. The highest BCUT2D eigenvalue weighted by atomic mass is 19.1. The number of hydrogen-bond acceptors (Lipinski definition) is 12. The summed E-state index contributed by atoms with van der Waals surface area (Å²) in [6, 6.07) is 0. The van der Waals surface area contributed by atoms with Crippen molar-refractivity contribution in [3.63, 3.8) is 0 Å². The zero-order valence-corrected chi connectivity index (χ0v) is 22.3. The van der Waals surface area contributed by atoms with Gasteiger partial charge in [0.15, 0.2) is 30.1 Å². The van der Waals surface area contributed by atoms with E-state index in [0.29, 0.717) is 30.0 Å². The van der Waals surface area contributed by atoms with Crippen molar-refractivity contribution in [1.82, 2.24) is 9.55 Å². The molecule has 0 bridgehead atoms. The summed E-state index contributed by atoms with van der Waals surface area (Å²) in [7, 11) is 0. The average molecular weight is 562 g/mol. The Balaban J connectivity index is 2.31. The first-order valence-electron chi connectivity index (χ1n) is 12.9. The summed E-state index contributed by atoms with van der Waals surface area (Å²) in [5, 5.41) is 11.9. The number of carbonyl (C=O) groups is 3. The van der Waals surface area contributed by atoms with E-state index in [0.717, 1.165) is 19.3 Å². The number of anilines is 1. The van der Waals surface area contributed by atoms with Crippen LogP contribution in [0.4, 0.5) is 24.6 Å². The van der Waals surface area contributed by atoms with E-state index in [2.05, 4.69) is 4.98 Å². The molecule has 0 spiro atoms. The van der Waals surface area contributed by atoms with Gasteiger partial charge < -0.3 is 33.5 Å². The van der Waals surface area contributed by atoms with Crippen LogP contribution in [0.2, 0.25) is 0 Å². The predicted octanol–water partition coefficient (Wildman–Crippen LogP) is 3.26. The summed E-state index contributed by atoms with van der Waals surface area (Å²) >= 11 is 0. The minimum atomic E-state index is -1.59. The fourth-order valence-electron chi connectivity index (χ4n) is 3.39. The van der Waals surface area contributed by atoms with E-state index in [1.165, 1.54) is 0 Å². The van der Waals surface area contributed by atoms with Crippen molar-refractivity contribution < 1.29 is 52.3 Å². The molecule has 1 fully saturated rings. The third-order valence-corrected chi connectivity index (χ3v) is 5.50. The van der Waals surface area contributed by atoms with E-state index in [1.807, 2.05) is 26.1 Å². The van der Waals surface area contributed by atoms with Crippen molar-refractivity contribution in [2.24, 2.45) is 0 Å². The topological polar surface area (TPSA) is 174 Å². The van der Waals surface area contributed by atoms with E-state index in [4.69, 9.17) is 28.4 Å². The minimum absolute atomic E-state index is 0.0342. The lowest BCUT2D eigenvalue weighted by atomic mass is 10.1. The molecule has 1 aromatic heterocycles. The Labute approximate surface area is 224 Å². The molecule has 1 aromatic rings. The molecule has 0 radical (unpaired) electrons. The number of ether oxygens (including phenoxy) is 6. The SMILES string of the molecule is CCCCOC(=O)Nc1nc(=O)n([C@@H]2O[C@H](CO)[C@@H](OC(=O)OCCCC)[C@H]2OC(=O)OCCCC)cc1F. The maximum Gasteiger partial charge on any atom is 0.508 e. The number of unbranched alkanes of at least 4 members (excludes halogenated alkanes) is 3. The molecule has 1 saturated heterocycles. The zero-order valence-electron chi connectivity index (χ0n) is 22.3. The van der Waals surface area contributed by atoms with Crippen LogP contribution < -0.4 is 11.0 Å². The first kappa shape index (κ1) is 31.8. The summed E-state index contributed by atoms with van der Waals surface area (Å²) in [5.74, 6) is -1.84. The van der Waals surface area contributed by atoms with E-state index in [9.17, 15) is 28.7 Å². The van der Waals surface area contributed by atoms with Gasteiger partial charge in [0.25, 0.3) is 0 Å². The Morgan fingerprint density at radius 1 is 0.974 bits per heavy atom. The maximum absolute atomic E-state index is 14.9. The summed E-state index contributed by atoms with van der Waals surface area (Å²) in [4.78, 5) is 52.8. The number of aromatic nitrogens is 2. The third-order valence-electron chi connectivity index (χ3n) is 5.50. The molecule has 0 unspecified atom stereocenters. The molecule has 0 aliphatic carbocycles. The molecular formula is C24H36FN3O11. The minimum Gasteiger partial charge on any atom is -0.449 e. The number of halogens is 1. The van der Waals surface area contributed by atoms with Crippen LogP contribution in [0.3, 0.4) is 0 Å². The molecule has 14 nitrogen and oxygen atoms in total. The summed E-state index contributed by atoms with van der Waals surface area (Å²) in [5.41, 5.74) is -1.11. The van der Waals surface area contributed by atoms with Gasteiger partial charge in [-0.15, -0.1) is 0 Å². The molecule has 39 heavy (non-hydrogen) atoms. The van der Waals surface area contributed by atoms with Crippen LogP contribution in [-0.4, -0.2) is 77.8 Å². The van der Waals surface area contributed by atoms with Gasteiger partial charge in [-0.1, -0.05) is 40.0 Å². The van der Waals surface area contributed by atoms with E-state index >= 15 is 0 Å².